The van der Waals surface area contributed by atoms with Crippen molar-refractivity contribution in [1.82, 2.24) is 4.98 Å². The molecule has 4 N–H and O–H groups in total. The summed E-state index contributed by atoms with van der Waals surface area (Å²) in [6.07, 6.45) is 0. The van der Waals surface area contributed by atoms with Gasteiger partial charge in [0, 0.05) is 23.2 Å². The zero-order valence-corrected chi connectivity index (χ0v) is 11.8. The topological polar surface area (TPSA) is 71.2 Å². The van der Waals surface area contributed by atoms with Gasteiger partial charge in [-0.1, -0.05) is 18.2 Å². The maximum atomic E-state index is 9.84. The van der Waals surface area contributed by atoms with Crippen LogP contribution in [0.5, 0.6) is 5.75 Å². The number of pyridine rings is 1. The number of hydrogen-bond acceptors (Lipinski definition) is 4. The highest BCUT2D eigenvalue weighted by molar-refractivity contribution is 5.81. The molecule has 0 saturated heterocycles. The Labute approximate surface area is 123 Å². The molecule has 21 heavy (non-hydrogen) atoms. The Bertz CT molecular complexity index is 799. The molecule has 0 aliphatic rings. The highest BCUT2D eigenvalue weighted by Gasteiger charge is 2.05. The van der Waals surface area contributed by atoms with Gasteiger partial charge in [-0.25, -0.2) is 4.98 Å². The molecule has 0 spiro atoms. The van der Waals surface area contributed by atoms with Crippen molar-refractivity contribution in [3.05, 3.63) is 59.7 Å². The number of nitrogens with zero attached hydrogens (tertiary/aromatic N) is 1. The van der Waals surface area contributed by atoms with Crippen molar-refractivity contribution in [3.63, 3.8) is 0 Å². The molecule has 4 nitrogen and oxygen atoms in total. The van der Waals surface area contributed by atoms with Crippen LogP contribution in [0.4, 0.5) is 11.5 Å². The van der Waals surface area contributed by atoms with Gasteiger partial charge in [0.1, 0.15) is 11.6 Å². The van der Waals surface area contributed by atoms with Crippen molar-refractivity contribution in [2.75, 3.05) is 11.1 Å². The normalized spacial score (nSPS) is 10.7. The van der Waals surface area contributed by atoms with E-state index in [2.05, 4.69) is 16.4 Å². The minimum Gasteiger partial charge on any atom is -0.508 e. The molecule has 0 amide bonds. The molecule has 3 aromatic rings. The summed E-state index contributed by atoms with van der Waals surface area (Å²) in [5.41, 5.74) is 9.15. The third-order valence-corrected chi connectivity index (χ3v) is 3.46. The lowest BCUT2D eigenvalue weighted by Gasteiger charge is -2.11. The predicted molar refractivity (Wildman–Crippen MR) is 86.3 cm³/mol. The van der Waals surface area contributed by atoms with E-state index in [1.807, 2.05) is 31.2 Å². The lowest BCUT2D eigenvalue weighted by Crippen LogP contribution is -2.04. The molecule has 2 aromatic carbocycles. The van der Waals surface area contributed by atoms with E-state index in [0.717, 1.165) is 27.8 Å². The van der Waals surface area contributed by atoms with Gasteiger partial charge in [-0.2, -0.15) is 0 Å². The molecule has 0 atom stereocenters. The second-order valence-electron chi connectivity index (χ2n) is 5.09. The van der Waals surface area contributed by atoms with Crippen LogP contribution in [0.3, 0.4) is 0 Å². The molecule has 1 heterocycles. The fraction of sp³-hybridized carbons (Fsp3) is 0.118. The Morgan fingerprint density at radius 1 is 1.14 bits per heavy atom. The molecule has 0 aliphatic heterocycles. The van der Waals surface area contributed by atoms with Gasteiger partial charge in [0.25, 0.3) is 0 Å². The fourth-order valence-corrected chi connectivity index (χ4v) is 2.33. The molecule has 1 aromatic heterocycles. The van der Waals surface area contributed by atoms with Crippen LogP contribution in [0, 0.1) is 6.92 Å². The fourth-order valence-electron chi connectivity index (χ4n) is 2.33. The zero-order chi connectivity index (χ0) is 14.8. The summed E-state index contributed by atoms with van der Waals surface area (Å²) in [7, 11) is 0. The highest BCUT2D eigenvalue weighted by Crippen LogP contribution is 2.23. The first kappa shape index (κ1) is 13.2. The van der Waals surface area contributed by atoms with Gasteiger partial charge in [-0.3, -0.25) is 0 Å². The summed E-state index contributed by atoms with van der Waals surface area (Å²) in [5, 5.41) is 14.2. The van der Waals surface area contributed by atoms with Crippen LogP contribution in [0.25, 0.3) is 10.9 Å². The number of benzene rings is 2. The van der Waals surface area contributed by atoms with Gasteiger partial charge in [-0.15, -0.1) is 0 Å². The molecule has 0 fully saturated rings. The summed E-state index contributed by atoms with van der Waals surface area (Å²) in [6.45, 7) is 2.49. The summed E-state index contributed by atoms with van der Waals surface area (Å²) < 4.78 is 0. The van der Waals surface area contributed by atoms with Crippen molar-refractivity contribution in [2.45, 2.75) is 13.5 Å². The Hall–Kier alpha value is -2.75. The second kappa shape index (κ2) is 5.32. The maximum Gasteiger partial charge on any atom is 0.129 e. The quantitative estimate of drug-likeness (QED) is 0.507. The van der Waals surface area contributed by atoms with Gasteiger partial charge in [-0.05, 0) is 42.8 Å². The minimum absolute atomic E-state index is 0.232. The van der Waals surface area contributed by atoms with E-state index in [1.54, 1.807) is 18.2 Å². The number of phenols is 1. The van der Waals surface area contributed by atoms with Gasteiger partial charge in [0.2, 0.25) is 0 Å². The zero-order valence-electron chi connectivity index (χ0n) is 11.8. The number of rotatable bonds is 3. The van der Waals surface area contributed by atoms with E-state index in [9.17, 15) is 5.11 Å². The SMILES string of the molecule is Cc1cc2ccccc2nc1NCc1cc(N)ccc1O. The number of anilines is 2. The van der Waals surface area contributed by atoms with Crippen LogP contribution in [0.1, 0.15) is 11.1 Å². The van der Waals surface area contributed by atoms with Crippen LogP contribution >= 0.6 is 0 Å². The lowest BCUT2D eigenvalue weighted by molar-refractivity contribution is 0.469. The highest BCUT2D eigenvalue weighted by atomic mass is 16.3. The first-order chi connectivity index (χ1) is 10.1. The van der Waals surface area contributed by atoms with Gasteiger partial charge in [0.05, 0.1) is 5.52 Å². The monoisotopic (exact) mass is 279 g/mol. The van der Waals surface area contributed by atoms with E-state index in [1.165, 1.54) is 0 Å². The molecular weight excluding hydrogens is 262 g/mol. The van der Waals surface area contributed by atoms with Gasteiger partial charge < -0.3 is 16.2 Å². The molecule has 0 unspecified atom stereocenters. The van der Waals surface area contributed by atoms with Crippen LogP contribution in [0.15, 0.2) is 48.5 Å². The van der Waals surface area contributed by atoms with Crippen LogP contribution in [-0.4, -0.2) is 10.1 Å². The number of para-hydroxylation sites is 1. The van der Waals surface area contributed by atoms with Crippen molar-refractivity contribution >= 4 is 22.4 Å². The second-order valence-corrected chi connectivity index (χ2v) is 5.09. The van der Waals surface area contributed by atoms with E-state index in [4.69, 9.17) is 5.73 Å². The summed E-state index contributed by atoms with van der Waals surface area (Å²) in [4.78, 5) is 4.62. The minimum atomic E-state index is 0.232. The Morgan fingerprint density at radius 3 is 2.81 bits per heavy atom. The number of aromatic hydroxyl groups is 1. The number of aryl methyl sites for hydroxylation is 1. The van der Waals surface area contributed by atoms with E-state index >= 15 is 0 Å². The number of aromatic nitrogens is 1. The molecule has 0 aliphatic carbocycles. The lowest BCUT2D eigenvalue weighted by atomic mass is 10.1. The van der Waals surface area contributed by atoms with Crippen LogP contribution < -0.4 is 11.1 Å². The molecule has 4 heteroatoms. The largest absolute Gasteiger partial charge is 0.508 e. The molecule has 3 rings (SSSR count). The Morgan fingerprint density at radius 2 is 1.95 bits per heavy atom. The standard InChI is InChI=1S/C17H17N3O/c1-11-8-12-4-2-3-5-15(12)20-17(11)19-10-13-9-14(18)6-7-16(13)21/h2-9,21H,10,18H2,1H3,(H,19,20). The predicted octanol–water partition coefficient (Wildman–Crippen LogP) is 3.44. The number of hydrogen-bond donors (Lipinski definition) is 3. The van der Waals surface area contributed by atoms with E-state index < -0.39 is 0 Å². The van der Waals surface area contributed by atoms with Gasteiger partial charge >= 0.3 is 0 Å². The average molecular weight is 279 g/mol. The van der Waals surface area contributed by atoms with Crippen molar-refractivity contribution in [1.29, 1.82) is 0 Å². The third-order valence-electron chi connectivity index (χ3n) is 3.46. The number of nitrogen functional groups attached to an aromatic ring is 1. The Balaban J connectivity index is 1.88. The van der Waals surface area contributed by atoms with E-state index in [-0.39, 0.29) is 5.75 Å². The number of fused-ring (bicyclic) bond motifs is 1. The molecule has 0 radical (unpaired) electrons. The summed E-state index contributed by atoms with van der Waals surface area (Å²) in [5.74, 6) is 1.05. The molecular formula is C17H17N3O. The third kappa shape index (κ3) is 2.74. The molecule has 0 saturated carbocycles. The molecule has 0 bridgehead atoms. The summed E-state index contributed by atoms with van der Waals surface area (Å²) in [6, 6.07) is 15.1. The average Bonchev–Trinajstić information content (AvgIpc) is 2.48. The van der Waals surface area contributed by atoms with Crippen LogP contribution in [0.2, 0.25) is 0 Å². The number of nitrogens with one attached hydrogen (secondary N) is 1. The molecule has 106 valence electrons. The smallest absolute Gasteiger partial charge is 0.129 e. The Kier molecular flexibility index (Phi) is 3.36. The van der Waals surface area contributed by atoms with Crippen molar-refractivity contribution in [2.24, 2.45) is 0 Å². The summed E-state index contributed by atoms with van der Waals surface area (Å²) >= 11 is 0. The van der Waals surface area contributed by atoms with Crippen molar-refractivity contribution < 1.29 is 5.11 Å². The maximum absolute atomic E-state index is 9.84. The van der Waals surface area contributed by atoms with Gasteiger partial charge in [0.15, 0.2) is 0 Å². The van der Waals surface area contributed by atoms with Crippen molar-refractivity contribution in [3.8, 4) is 5.75 Å². The first-order valence-corrected chi connectivity index (χ1v) is 6.81. The number of nitrogens with two attached hydrogens (primary N) is 1. The van der Waals surface area contributed by atoms with Crippen LogP contribution in [-0.2, 0) is 6.54 Å². The first-order valence-electron chi connectivity index (χ1n) is 6.81. The number of phenolic OH excluding ortho intramolecular Hbond substituents is 1. The van der Waals surface area contributed by atoms with E-state index in [0.29, 0.717) is 12.2 Å².